The molecule has 2 N–H and O–H groups in total. The average Bonchev–Trinajstić information content (AvgIpc) is 2.77. The summed E-state index contributed by atoms with van der Waals surface area (Å²) in [6.45, 7) is 15.9. The van der Waals surface area contributed by atoms with Crippen molar-refractivity contribution < 1.29 is 9.84 Å². The highest BCUT2D eigenvalue weighted by molar-refractivity contribution is 5.95. The molecule has 32 heavy (non-hydrogen) atoms. The van der Waals surface area contributed by atoms with Crippen molar-refractivity contribution in [3.05, 3.63) is 70.6 Å². The second-order valence-corrected chi connectivity index (χ2v) is 9.88. The molecular formula is C28H36N2O2. The fourth-order valence-electron chi connectivity index (χ4n) is 5.58. The van der Waals surface area contributed by atoms with E-state index in [1.54, 1.807) is 7.11 Å². The number of benzene rings is 1. The molecule has 4 rings (SSSR count). The summed E-state index contributed by atoms with van der Waals surface area (Å²) in [4.78, 5) is 4.85. The zero-order valence-electron chi connectivity index (χ0n) is 20.2. The van der Waals surface area contributed by atoms with E-state index in [0.29, 0.717) is 12.5 Å². The van der Waals surface area contributed by atoms with Gasteiger partial charge in [0.05, 0.1) is 11.6 Å². The number of fused-ring (bicyclic) bond motifs is 2. The Morgan fingerprint density at radius 2 is 2.16 bits per heavy atom. The van der Waals surface area contributed by atoms with E-state index >= 15 is 0 Å². The molecular weight excluding hydrogens is 396 g/mol. The van der Waals surface area contributed by atoms with Crippen LogP contribution in [0.4, 0.5) is 0 Å². The number of hydrogen-bond donors (Lipinski definition) is 2. The Bertz CT molecular complexity index is 1130. The molecule has 0 bridgehead atoms. The summed E-state index contributed by atoms with van der Waals surface area (Å²) in [5.74, 6) is 0.714. The van der Waals surface area contributed by atoms with E-state index in [-0.39, 0.29) is 23.1 Å². The molecule has 0 saturated heterocycles. The first-order valence-corrected chi connectivity index (χ1v) is 11.7. The molecule has 1 aliphatic heterocycles. The van der Waals surface area contributed by atoms with Crippen LogP contribution in [0.1, 0.15) is 70.1 Å². The Hall–Kier alpha value is -2.59. The number of methoxy groups -OCH3 is 1. The monoisotopic (exact) mass is 432 g/mol. The molecule has 4 nitrogen and oxygen atoms in total. The normalized spacial score (nSPS) is 23.8. The molecule has 0 saturated carbocycles. The highest BCUT2D eigenvalue weighted by atomic mass is 16.5. The zero-order valence-corrected chi connectivity index (χ0v) is 20.2. The third-order valence-electron chi connectivity index (χ3n) is 7.44. The zero-order chi connectivity index (χ0) is 23.2. The van der Waals surface area contributed by atoms with Crippen LogP contribution >= 0.6 is 0 Å². The number of aliphatic hydroxyl groups is 1. The lowest BCUT2D eigenvalue weighted by atomic mass is 9.63. The van der Waals surface area contributed by atoms with E-state index in [0.717, 1.165) is 29.4 Å². The van der Waals surface area contributed by atoms with Crippen LogP contribution in [0.3, 0.4) is 0 Å². The molecule has 1 aromatic heterocycles. The Balaban J connectivity index is 2.11. The summed E-state index contributed by atoms with van der Waals surface area (Å²) in [6.07, 6.45) is 6.21. The third kappa shape index (κ3) is 3.45. The molecule has 0 radical (unpaired) electrons. The molecule has 0 spiro atoms. The van der Waals surface area contributed by atoms with Gasteiger partial charge in [-0.3, -0.25) is 4.98 Å². The van der Waals surface area contributed by atoms with Gasteiger partial charge in [0.1, 0.15) is 5.76 Å². The minimum atomic E-state index is -0.254. The molecule has 170 valence electrons. The predicted molar refractivity (Wildman–Crippen MR) is 133 cm³/mol. The predicted octanol–water partition coefficient (Wildman–Crippen LogP) is 6.39. The maximum atomic E-state index is 10.6. The van der Waals surface area contributed by atoms with Crippen LogP contribution in [-0.2, 0) is 10.2 Å². The molecule has 2 aliphatic rings. The van der Waals surface area contributed by atoms with Crippen molar-refractivity contribution in [3.8, 4) is 0 Å². The highest BCUT2D eigenvalue weighted by Crippen LogP contribution is 2.53. The molecule has 2 aromatic rings. The Morgan fingerprint density at radius 1 is 1.41 bits per heavy atom. The van der Waals surface area contributed by atoms with E-state index in [9.17, 15) is 5.11 Å². The Labute approximate surface area is 192 Å². The number of aromatic nitrogens is 1. The SMILES string of the molecule is C=C(O)C1NC2=C(C)/C(=C\C(C)CC)C(C)(C)c3c2c(cc2cccnc32)C1CCOC. The van der Waals surface area contributed by atoms with Gasteiger partial charge in [-0.25, -0.2) is 0 Å². The first-order chi connectivity index (χ1) is 15.2. The van der Waals surface area contributed by atoms with Gasteiger partial charge in [0.25, 0.3) is 0 Å². The highest BCUT2D eigenvalue weighted by Gasteiger charge is 2.44. The van der Waals surface area contributed by atoms with Gasteiger partial charge in [0, 0.05) is 47.9 Å². The lowest BCUT2D eigenvalue weighted by molar-refractivity contribution is 0.179. The van der Waals surface area contributed by atoms with E-state index < -0.39 is 0 Å². The molecule has 2 heterocycles. The summed E-state index contributed by atoms with van der Waals surface area (Å²) in [5.41, 5.74) is 8.33. The minimum absolute atomic E-state index is 0.0678. The van der Waals surface area contributed by atoms with Crippen LogP contribution in [0.15, 0.2) is 54.0 Å². The number of aliphatic hydroxyl groups excluding tert-OH is 1. The van der Waals surface area contributed by atoms with Crippen LogP contribution in [0.2, 0.25) is 0 Å². The van der Waals surface area contributed by atoms with Crippen molar-refractivity contribution in [1.82, 2.24) is 10.3 Å². The van der Waals surface area contributed by atoms with Gasteiger partial charge in [-0.1, -0.05) is 52.8 Å². The van der Waals surface area contributed by atoms with Gasteiger partial charge in [-0.15, -0.1) is 0 Å². The minimum Gasteiger partial charge on any atom is -0.511 e. The second-order valence-electron chi connectivity index (χ2n) is 9.88. The fourth-order valence-corrected chi connectivity index (χ4v) is 5.58. The van der Waals surface area contributed by atoms with Gasteiger partial charge in [0.15, 0.2) is 0 Å². The third-order valence-corrected chi connectivity index (χ3v) is 7.44. The van der Waals surface area contributed by atoms with Gasteiger partial charge >= 0.3 is 0 Å². The molecule has 3 atom stereocenters. The second kappa shape index (κ2) is 8.40. The Kier molecular flexibility index (Phi) is 5.93. The number of ether oxygens (including phenoxy) is 1. The summed E-state index contributed by atoms with van der Waals surface area (Å²) in [5, 5.41) is 15.4. The van der Waals surface area contributed by atoms with Gasteiger partial charge in [-0.05, 0) is 53.7 Å². The molecule has 0 amide bonds. The summed E-state index contributed by atoms with van der Waals surface area (Å²) in [7, 11) is 1.73. The average molecular weight is 433 g/mol. The van der Waals surface area contributed by atoms with E-state index in [2.05, 4.69) is 64.7 Å². The van der Waals surface area contributed by atoms with Crippen molar-refractivity contribution in [1.29, 1.82) is 0 Å². The van der Waals surface area contributed by atoms with Crippen molar-refractivity contribution in [2.24, 2.45) is 5.92 Å². The van der Waals surface area contributed by atoms with E-state index in [1.165, 1.54) is 27.8 Å². The maximum Gasteiger partial charge on any atom is 0.108 e. The first kappa shape index (κ1) is 22.6. The summed E-state index contributed by atoms with van der Waals surface area (Å²) in [6, 6.07) is 6.17. The lowest BCUT2D eigenvalue weighted by Gasteiger charge is -2.45. The number of nitrogens with one attached hydrogen (secondary N) is 1. The van der Waals surface area contributed by atoms with Gasteiger partial charge in [-0.2, -0.15) is 0 Å². The first-order valence-electron chi connectivity index (χ1n) is 11.7. The number of allylic oxidation sites excluding steroid dienone is 3. The number of nitrogens with zero attached hydrogens (tertiary/aromatic N) is 1. The van der Waals surface area contributed by atoms with Crippen LogP contribution in [0.5, 0.6) is 0 Å². The van der Waals surface area contributed by atoms with Crippen LogP contribution in [0.25, 0.3) is 16.6 Å². The number of rotatable bonds is 6. The quantitative estimate of drug-likeness (QED) is 0.519. The molecule has 1 aliphatic carbocycles. The standard InChI is InChI=1S/C28H36N2O2/c1-8-16(2)14-22-17(3)25-23-21(20(11-13-32-7)26(30-25)18(4)31)15-19-10-9-12-29-27(19)24(23)28(22,5)6/h9-10,12,14-16,20,26,30-31H,4,8,11,13H2,1-3,5-7H3/b22-14+. The molecule has 3 unspecified atom stereocenters. The Morgan fingerprint density at radius 3 is 2.81 bits per heavy atom. The topological polar surface area (TPSA) is 54.4 Å². The molecule has 1 aromatic carbocycles. The van der Waals surface area contributed by atoms with Crippen molar-refractivity contribution in [2.45, 2.75) is 64.8 Å². The molecule has 0 fully saturated rings. The summed E-state index contributed by atoms with van der Waals surface area (Å²) >= 11 is 0. The van der Waals surface area contributed by atoms with Crippen molar-refractivity contribution in [3.63, 3.8) is 0 Å². The van der Waals surface area contributed by atoms with Crippen molar-refractivity contribution in [2.75, 3.05) is 13.7 Å². The largest absolute Gasteiger partial charge is 0.511 e. The summed E-state index contributed by atoms with van der Waals surface area (Å²) < 4.78 is 5.44. The molecule has 4 heteroatoms. The van der Waals surface area contributed by atoms with Gasteiger partial charge < -0.3 is 15.2 Å². The van der Waals surface area contributed by atoms with Crippen LogP contribution in [0, 0.1) is 5.92 Å². The van der Waals surface area contributed by atoms with E-state index in [1.807, 2.05) is 12.3 Å². The van der Waals surface area contributed by atoms with Gasteiger partial charge in [0.2, 0.25) is 0 Å². The maximum absolute atomic E-state index is 10.6. The number of pyridine rings is 1. The lowest BCUT2D eigenvalue weighted by Crippen LogP contribution is -2.44. The smallest absolute Gasteiger partial charge is 0.108 e. The van der Waals surface area contributed by atoms with Crippen LogP contribution in [-0.4, -0.2) is 29.8 Å². The number of hydrogen-bond acceptors (Lipinski definition) is 4. The fraction of sp³-hybridized carbons (Fsp3) is 0.464. The van der Waals surface area contributed by atoms with Crippen LogP contribution < -0.4 is 5.32 Å². The van der Waals surface area contributed by atoms with E-state index in [4.69, 9.17) is 9.72 Å². The van der Waals surface area contributed by atoms with Crippen molar-refractivity contribution >= 4 is 16.6 Å².